The van der Waals surface area contributed by atoms with Gasteiger partial charge in [-0.25, -0.2) is 9.78 Å². The molecule has 1 atom stereocenters. The third-order valence-electron chi connectivity index (χ3n) is 2.69. The molecule has 2 aromatic heterocycles. The van der Waals surface area contributed by atoms with E-state index in [1.807, 2.05) is 0 Å². The third-order valence-corrected chi connectivity index (χ3v) is 3.66. The van der Waals surface area contributed by atoms with Crippen molar-refractivity contribution in [2.24, 2.45) is 14.1 Å². The number of carboxylic acids is 1. The molecule has 19 heavy (non-hydrogen) atoms. The molecule has 2 rings (SSSR count). The van der Waals surface area contributed by atoms with Crippen LogP contribution in [0.4, 0.5) is 0 Å². The third kappa shape index (κ3) is 2.16. The van der Waals surface area contributed by atoms with Gasteiger partial charge in [-0.1, -0.05) is 11.8 Å². The molecule has 0 aliphatic rings. The fourth-order valence-electron chi connectivity index (χ4n) is 1.58. The number of hydrogen-bond donors (Lipinski definition) is 1. The lowest BCUT2D eigenvalue weighted by atomic mass is 10.5. The number of rotatable bonds is 3. The largest absolute Gasteiger partial charge is 0.549 e. The Bertz CT molecular complexity index is 772. The molecule has 0 spiro atoms. The van der Waals surface area contributed by atoms with Crippen molar-refractivity contribution in [2.75, 3.05) is 0 Å². The van der Waals surface area contributed by atoms with Crippen LogP contribution in [0.2, 0.25) is 0 Å². The molecule has 0 fully saturated rings. The lowest BCUT2D eigenvalue weighted by Crippen LogP contribution is -2.36. The number of carbonyl (C=O) groups excluding carboxylic acids is 1. The summed E-state index contributed by atoms with van der Waals surface area (Å²) in [6, 6.07) is 0. The second-order valence-electron chi connectivity index (χ2n) is 4.03. The van der Waals surface area contributed by atoms with Gasteiger partial charge in [0.2, 0.25) is 0 Å². The minimum absolute atomic E-state index is 0.164. The first-order chi connectivity index (χ1) is 8.82. The Hall–Kier alpha value is -2.03. The SMILES string of the molecule is CC(Sc1nc2c([nH]1)c(=O)n(C)c(=O)n2C)C(=O)[O-]. The van der Waals surface area contributed by atoms with E-state index in [1.54, 1.807) is 0 Å². The summed E-state index contributed by atoms with van der Waals surface area (Å²) in [5.41, 5.74) is -0.633. The summed E-state index contributed by atoms with van der Waals surface area (Å²) in [4.78, 5) is 41.0. The van der Waals surface area contributed by atoms with Gasteiger partial charge in [0.05, 0.1) is 5.97 Å². The number of fused-ring (bicyclic) bond motifs is 1. The molecule has 0 aliphatic heterocycles. The maximum absolute atomic E-state index is 11.9. The predicted octanol–water partition coefficient (Wildman–Crippen LogP) is -1.81. The molecular formula is C10H11N4O4S-. The van der Waals surface area contributed by atoms with Gasteiger partial charge in [-0.15, -0.1) is 0 Å². The van der Waals surface area contributed by atoms with Crippen molar-refractivity contribution in [1.29, 1.82) is 0 Å². The van der Waals surface area contributed by atoms with Crippen LogP contribution in [0.25, 0.3) is 11.2 Å². The van der Waals surface area contributed by atoms with Crippen molar-refractivity contribution in [3.8, 4) is 0 Å². The maximum atomic E-state index is 11.9. The van der Waals surface area contributed by atoms with Crippen LogP contribution < -0.4 is 16.4 Å². The van der Waals surface area contributed by atoms with E-state index < -0.39 is 22.5 Å². The molecule has 0 radical (unpaired) electrons. The molecule has 2 heterocycles. The van der Waals surface area contributed by atoms with Gasteiger partial charge in [0.1, 0.15) is 0 Å². The van der Waals surface area contributed by atoms with E-state index >= 15 is 0 Å². The number of thioether (sulfide) groups is 1. The first kappa shape index (κ1) is 13.4. The summed E-state index contributed by atoms with van der Waals surface area (Å²) in [5, 5.41) is 10.1. The zero-order valence-electron chi connectivity index (χ0n) is 10.5. The number of aromatic amines is 1. The van der Waals surface area contributed by atoms with Gasteiger partial charge in [0.25, 0.3) is 5.56 Å². The van der Waals surface area contributed by atoms with Crippen LogP contribution in [0.5, 0.6) is 0 Å². The minimum Gasteiger partial charge on any atom is -0.549 e. The second-order valence-corrected chi connectivity index (χ2v) is 5.35. The Morgan fingerprint density at radius 3 is 2.58 bits per heavy atom. The predicted molar refractivity (Wildman–Crippen MR) is 66.9 cm³/mol. The molecule has 102 valence electrons. The Labute approximate surface area is 111 Å². The zero-order valence-corrected chi connectivity index (χ0v) is 11.3. The highest BCUT2D eigenvalue weighted by molar-refractivity contribution is 8.00. The standard InChI is InChI=1S/C10H12N4O4S/c1-4(8(16)17)19-9-11-5-6(12-9)13(2)10(18)14(3)7(5)15/h4H,1-3H3,(H,11,12)(H,16,17)/p-1. The van der Waals surface area contributed by atoms with Crippen LogP contribution in [0.1, 0.15) is 6.92 Å². The normalized spacial score (nSPS) is 12.8. The summed E-state index contributed by atoms with van der Waals surface area (Å²) in [6.07, 6.45) is 0. The number of H-pyrrole nitrogens is 1. The van der Waals surface area contributed by atoms with Gasteiger partial charge < -0.3 is 14.9 Å². The summed E-state index contributed by atoms with van der Waals surface area (Å²) in [5.74, 6) is -1.23. The van der Waals surface area contributed by atoms with Crippen molar-refractivity contribution in [1.82, 2.24) is 19.1 Å². The summed E-state index contributed by atoms with van der Waals surface area (Å²) in [6.45, 7) is 1.45. The van der Waals surface area contributed by atoms with E-state index in [1.165, 1.54) is 25.6 Å². The van der Waals surface area contributed by atoms with E-state index in [2.05, 4.69) is 9.97 Å². The number of carboxylic acid groups (broad SMARTS) is 1. The number of aliphatic carboxylic acids is 1. The van der Waals surface area contributed by atoms with Crippen molar-refractivity contribution in [3.05, 3.63) is 20.8 Å². The molecule has 9 heteroatoms. The number of aromatic nitrogens is 4. The van der Waals surface area contributed by atoms with Gasteiger partial charge in [-0.05, 0) is 6.92 Å². The molecule has 0 amide bonds. The summed E-state index contributed by atoms with van der Waals surface area (Å²) < 4.78 is 2.18. The van der Waals surface area contributed by atoms with Gasteiger partial charge in [0, 0.05) is 19.3 Å². The molecule has 0 aliphatic carbocycles. The molecule has 8 nitrogen and oxygen atoms in total. The van der Waals surface area contributed by atoms with Crippen LogP contribution in [-0.4, -0.2) is 30.3 Å². The van der Waals surface area contributed by atoms with Gasteiger partial charge in [-0.2, -0.15) is 0 Å². The highest BCUT2D eigenvalue weighted by Crippen LogP contribution is 2.21. The Kier molecular flexibility index (Phi) is 3.23. The Balaban J connectivity index is 2.62. The number of imidazole rings is 1. The first-order valence-corrected chi connectivity index (χ1v) is 6.24. The lowest BCUT2D eigenvalue weighted by Gasteiger charge is -2.08. The molecule has 0 aromatic carbocycles. The topological polar surface area (TPSA) is 113 Å². The average Bonchev–Trinajstić information content (AvgIpc) is 2.77. The number of nitrogens with one attached hydrogen (secondary N) is 1. The second kappa shape index (κ2) is 4.57. The van der Waals surface area contributed by atoms with Gasteiger partial charge >= 0.3 is 5.69 Å². The Morgan fingerprint density at radius 2 is 2.00 bits per heavy atom. The lowest BCUT2D eigenvalue weighted by molar-refractivity contribution is -0.304. The van der Waals surface area contributed by atoms with Crippen molar-refractivity contribution >= 4 is 28.9 Å². The fraction of sp³-hybridized carbons (Fsp3) is 0.400. The van der Waals surface area contributed by atoms with Gasteiger partial charge in [0.15, 0.2) is 16.3 Å². The van der Waals surface area contributed by atoms with E-state index in [9.17, 15) is 19.5 Å². The molecular weight excluding hydrogens is 272 g/mol. The van der Waals surface area contributed by atoms with Crippen molar-refractivity contribution < 1.29 is 9.90 Å². The van der Waals surface area contributed by atoms with Crippen LogP contribution in [-0.2, 0) is 18.9 Å². The van der Waals surface area contributed by atoms with Crippen molar-refractivity contribution in [2.45, 2.75) is 17.3 Å². The number of hydrogen-bond acceptors (Lipinski definition) is 6. The number of aryl methyl sites for hydroxylation is 1. The summed E-state index contributed by atoms with van der Waals surface area (Å²) in [7, 11) is 2.85. The van der Waals surface area contributed by atoms with Crippen LogP contribution in [0.15, 0.2) is 14.7 Å². The first-order valence-electron chi connectivity index (χ1n) is 5.36. The average molecular weight is 283 g/mol. The van der Waals surface area contributed by atoms with Crippen LogP contribution in [0, 0.1) is 0 Å². The fourth-order valence-corrected chi connectivity index (χ4v) is 2.31. The molecule has 0 saturated heterocycles. The molecule has 0 bridgehead atoms. The molecule has 1 N–H and O–H groups in total. The van der Waals surface area contributed by atoms with E-state index in [4.69, 9.17) is 0 Å². The minimum atomic E-state index is -1.23. The van der Waals surface area contributed by atoms with E-state index in [-0.39, 0.29) is 16.3 Å². The van der Waals surface area contributed by atoms with E-state index in [0.717, 1.165) is 16.3 Å². The summed E-state index contributed by atoms with van der Waals surface area (Å²) >= 11 is 0.914. The Morgan fingerprint density at radius 1 is 1.37 bits per heavy atom. The molecule has 2 aromatic rings. The zero-order chi connectivity index (χ0) is 14.3. The highest BCUT2D eigenvalue weighted by atomic mass is 32.2. The van der Waals surface area contributed by atoms with Crippen LogP contribution in [0.3, 0.4) is 0 Å². The van der Waals surface area contributed by atoms with Crippen molar-refractivity contribution in [3.63, 3.8) is 0 Å². The smallest absolute Gasteiger partial charge is 0.332 e. The number of nitrogens with zero attached hydrogens (tertiary/aromatic N) is 3. The number of carbonyl (C=O) groups is 1. The molecule has 0 saturated carbocycles. The van der Waals surface area contributed by atoms with Gasteiger partial charge in [-0.3, -0.25) is 13.9 Å². The maximum Gasteiger partial charge on any atom is 0.332 e. The van der Waals surface area contributed by atoms with E-state index in [0.29, 0.717) is 0 Å². The van der Waals surface area contributed by atoms with Crippen LogP contribution >= 0.6 is 11.8 Å². The highest BCUT2D eigenvalue weighted by Gasteiger charge is 2.15. The monoisotopic (exact) mass is 283 g/mol. The quantitative estimate of drug-likeness (QED) is 0.664. The molecule has 1 unspecified atom stereocenters.